The van der Waals surface area contributed by atoms with E-state index in [4.69, 9.17) is 4.74 Å². The van der Waals surface area contributed by atoms with Crippen molar-refractivity contribution in [3.8, 4) is 0 Å². The molecule has 0 aromatic rings. The number of rotatable bonds is 0. The van der Waals surface area contributed by atoms with Crippen LogP contribution < -0.4 is 5.32 Å². The topological polar surface area (TPSA) is 21.3 Å². The third-order valence-corrected chi connectivity index (χ3v) is 2.14. The molecule has 2 rings (SSSR count). The molecular formula is C6H11NO. The molecule has 0 aliphatic carbocycles. The van der Waals surface area contributed by atoms with E-state index in [2.05, 4.69) is 5.32 Å². The second-order valence-corrected chi connectivity index (χ2v) is 2.72. The SMILES string of the molecule is C1NC[C@H]2COC[C@H]12. The minimum atomic E-state index is 0.843. The van der Waals surface area contributed by atoms with Crippen molar-refractivity contribution in [1.82, 2.24) is 5.32 Å². The van der Waals surface area contributed by atoms with Crippen molar-refractivity contribution in [2.45, 2.75) is 0 Å². The smallest absolute Gasteiger partial charge is 0.0510 e. The Bertz CT molecular complexity index is 74.5. The van der Waals surface area contributed by atoms with Gasteiger partial charge in [-0.3, -0.25) is 0 Å². The van der Waals surface area contributed by atoms with Gasteiger partial charge in [-0.05, 0) is 0 Å². The van der Waals surface area contributed by atoms with E-state index in [-0.39, 0.29) is 0 Å². The standard InChI is InChI=1S/C6H11NO/c1-5-3-8-4-6(5)2-7-1/h5-7H,1-4H2/t5-,6-/m0/s1. The predicted octanol–water partition coefficient (Wildman–Crippen LogP) is -0.148. The predicted molar refractivity (Wildman–Crippen MR) is 30.7 cm³/mol. The Morgan fingerprint density at radius 2 is 1.75 bits per heavy atom. The normalized spacial score (nSPS) is 45.0. The van der Waals surface area contributed by atoms with Crippen LogP contribution in [-0.4, -0.2) is 26.3 Å². The second-order valence-electron chi connectivity index (χ2n) is 2.72. The van der Waals surface area contributed by atoms with Crippen LogP contribution in [0.2, 0.25) is 0 Å². The molecule has 8 heavy (non-hydrogen) atoms. The van der Waals surface area contributed by atoms with Gasteiger partial charge in [0.15, 0.2) is 0 Å². The van der Waals surface area contributed by atoms with Gasteiger partial charge in [-0.2, -0.15) is 0 Å². The van der Waals surface area contributed by atoms with Gasteiger partial charge in [-0.25, -0.2) is 0 Å². The molecule has 2 aliphatic heterocycles. The Hall–Kier alpha value is -0.0800. The van der Waals surface area contributed by atoms with Gasteiger partial charge in [0, 0.05) is 24.9 Å². The summed E-state index contributed by atoms with van der Waals surface area (Å²) in [6.45, 7) is 4.37. The third kappa shape index (κ3) is 0.565. The first-order valence-electron chi connectivity index (χ1n) is 3.25. The van der Waals surface area contributed by atoms with Crippen LogP contribution in [0.1, 0.15) is 0 Å². The maximum absolute atomic E-state index is 5.27. The van der Waals surface area contributed by atoms with Crippen molar-refractivity contribution in [3.63, 3.8) is 0 Å². The van der Waals surface area contributed by atoms with Crippen molar-refractivity contribution >= 4 is 0 Å². The first-order chi connectivity index (χ1) is 3.97. The summed E-state index contributed by atoms with van der Waals surface area (Å²) in [5.74, 6) is 1.69. The number of nitrogens with one attached hydrogen (secondary N) is 1. The quantitative estimate of drug-likeness (QED) is 0.472. The van der Waals surface area contributed by atoms with Crippen molar-refractivity contribution in [2.75, 3.05) is 26.3 Å². The van der Waals surface area contributed by atoms with Crippen molar-refractivity contribution < 1.29 is 4.74 Å². The Kier molecular flexibility index (Phi) is 1.02. The van der Waals surface area contributed by atoms with E-state index in [9.17, 15) is 0 Å². The maximum Gasteiger partial charge on any atom is 0.0510 e. The van der Waals surface area contributed by atoms with E-state index in [0.29, 0.717) is 0 Å². The molecule has 46 valence electrons. The molecule has 0 amide bonds. The van der Waals surface area contributed by atoms with Crippen LogP contribution in [0.15, 0.2) is 0 Å². The highest BCUT2D eigenvalue weighted by molar-refractivity contribution is 4.84. The summed E-state index contributed by atoms with van der Waals surface area (Å²) < 4.78 is 5.27. The van der Waals surface area contributed by atoms with Crippen LogP contribution in [0.5, 0.6) is 0 Å². The van der Waals surface area contributed by atoms with Gasteiger partial charge >= 0.3 is 0 Å². The molecule has 0 spiro atoms. The highest BCUT2D eigenvalue weighted by Crippen LogP contribution is 2.22. The molecule has 0 aromatic carbocycles. The van der Waals surface area contributed by atoms with E-state index in [1.165, 1.54) is 13.1 Å². The highest BCUT2D eigenvalue weighted by atomic mass is 16.5. The zero-order valence-corrected chi connectivity index (χ0v) is 4.89. The molecule has 2 atom stereocenters. The zero-order chi connectivity index (χ0) is 5.40. The summed E-state index contributed by atoms with van der Waals surface area (Å²) in [5, 5.41) is 3.34. The lowest BCUT2D eigenvalue weighted by atomic mass is 10.0. The van der Waals surface area contributed by atoms with Crippen LogP contribution in [-0.2, 0) is 4.74 Å². The lowest BCUT2D eigenvalue weighted by Crippen LogP contribution is -2.11. The van der Waals surface area contributed by atoms with E-state index < -0.39 is 0 Å². The summed E-state index contributed by atoms with van der Waals surface area (Å²) >= 11 is 0. The van der Waals surface area contributed by atoms with Crippen molar-refractivity contribution in [3.05, 3.63) is 0 Å². The molecule has 0 unspecified atom stereocenters. The average molecular weight is 113 g/mol. The molecule has 0 aromatic heterocycles. The van der Waals surface area contributed by atoms with Gasteiger partial charge in [-0.15, -0.1) is 0 Å². The van der Waals surface area contributed by atoms with Crippen molar-refractivity contribution in [1.29, 1.82) is 0 Å². The van der Waals surface area contributed by atoms with Gasteiger partial charge < -0.3 is 10.1 Å². The Morgan fingerprint density at radius 3 is 2.38 bits per heavy atom. The minimum Gasteiger partial charge on any atom is -0.381 e. The fourth-order valence-electron chi connectivity index (χ4n) is 1.55. The lowest BCUT2D eigenvalue weighted by molar-refractivity contribution is 0.175. The lowest BCUT2D eigenvalue weighted by Gasteiger charge is -1.99. The highest BCUT2D eigenvalue weighted by Gasteiger charge is 2.31. The molecule has 0 bridgehead atoms. The van der Waals surface area contributed by atoms with Crippen LogP contribution in [0.3, 0.4) is 0 Å². The molecule has 2 nitrogen and oxygen atoms in total. The fourth-order valence-corrected chi connectivity index (χ4v) is 1.55. The third-order valence-electron chi connectivity index (χ3n) is 2.14. The van der Waals surface area contributed by atoms with Crippen LogP contribution >= 0.6 is 0 Å². The summed E-state index contributed by atoms with van der Waals surface area (Å²) in [4.78, 5) is 0. The summed E-state index contributed by atoms with van der Waals surface area (Å²) in [6, 6.07) is 0. The summed E-state index contributed by atoms with van der Waals surface area (Å²) in [7, 11) is 0. The minimum absolute atomic E-state index is 0.843. The van der Waals surface area contributed by atoms with Gasteiger partial charge in [0.2, 0.25) is 0 Å². The van der Waals surface area contributed by atoms with Crippen molar-refractivity contribution in [2.24, 2.45) is 11.8 Å². The molecule has 2 heterocycles. The molecule has 0 saturated carbocycles. The molecule has 1 N–H and O–H groups in total. The first-order valence-corrected chi connectivity index (χ1v) is 3.25. The van der Waals surface area contributed by atoms with Gasteiger partial charge in [0.1, 0.15) is 0 Å². The number of hydrogen-bond acceptors (Lipinski definition) is 2. The van der Waals surface area contributed by atoms with E-state index in [1.54, 1.807) is 0 Å². The Labute approximate surface area is 49.2 Å². The number of ether oxygens (including phenoxy) is 1. The molecule has 0 radical (unpaired) electrons. The molecule has 2 fully saturated rings. The fraction of sp³-hybridized carbons (Fsp3) is 1.00. The van der Waals surface area contributed by atoms with Gasteiger partial charge in [0.25, 0.3) is 0 Å². The Morgan fingerprint density at radius 1 is 1.12 bits per heavy atom. The second kappa shape index (κ2) is 1.71. The zero-order valence-electron chi connectivity index (χ0n) is 4.89. The van der Waals surface area contributed by atoms with E-state index >= 15 is 0 Å². The van der Waals surface area contributed by atoms with Crippen LogP contribution in [0.25, 0.3) is 0 Å². The molecule has 2 aliphatic rings. The van der Waals surface area contributed by atoms with Crippen LogP contribution in [0, 0.1) is 11.8 Å². The summed E-state index contributed by atoms with van der Waals surface area (Å²) in [5.41, 5.74) is 0. The van der Waals surface area contributed by atoms with Crippen LogP contribution in [0.4, 0.5) is 0 Å². The largest absolute Gasteiger partial charge is 0.381 e. The number of fused-ring (bicyclic) bond motifs is 1. The van der Waals surface area contributed by atoms with Gasteiger partial charge in [-0.1, -0.05) is 0 Å². The molecule has 2 saturated heterocycles. The first kappa shape index (κ1) is 4.77. The maximum atomic E-state index is 5.27. The molecular weight excluding hydrogens is 102 g/mol. The van der Waals surface area contributed by atoms with E-state index in [1.807, 2.05) is 0 Å². The summed E-state index contributed by atoms with van der Waals surface area (Å²) in [6.07, 6.45) is 0. The Balaban J connectivity index is 2.04. The molecule has 2 heteroatoms. The average Bonchev–Trinajstić information content (AvgIpc) is 2.15. The monoisotopic (exact) mass is 113 g/mol. The van der Waals surface area contributed by atoms with E-state index in [0.717, 1.165) is 25.0 Å². The number of hydrogen-bond donors (Lipinski definition) is 1. The van der Waals surface area contributed by atoms with Gasteiger partial charge in [0.05, 0.1) is 13.2 Å².